The van der Waals surface area contributed by atoms with Crippen LogP contribution in [-0.2, 0) is 17.3 Å². The average Bonchev–Trinajstić information content (AvgIpc) is 2.45. The molecule has 0 aliphatic carbocycles. The molecule has 1 fully saturated rings. The second-order valence-electron chi connectivity index (χ2n) is 5.27. The van der Waals surface area contributed by atoms with Crippen molar-refractivity contribution in [2.24, 2.45) is 0 Å². The van der Waals surface area contributed by atoms with E-state index in [0.29, 0.717) is 31.6 Å². The number of hydrogen-bond donors (Lipinski definition) is 1. The van der Waals surface area contributed by atoms with Gasteiger partial charge in [0.15, 0.2) is 0 Å². The third-order valence-electron chi connectivity index (χ3n) is 3.57. The van der Waals surface area contributed by atoms with Crippen LogP contribution in [0.15, 0.2) is 24.3 Å². The Morgan fingerprint density at radius 3 is 2.86 bits per heavy atom. The van der Waals surface area contributed by atoms with Gasteiger partial charge in [0.2, 0.25) is 0 Å². The van der Waals surface area contributed by atoms with Crippen LogP contribution in [0.5, 0.6) is 0 Å². The molecule has 0 radical (unpaired) electrons. The quantitative estimate of drug-likeness (QED) is 0.906. The van der Waals surface area contributed by atoms with Gasteiger partial charge in [-0.25, -0.2) is 0 Å². The highest BCUT2D eigenvalue weighted by molar-refractivity contribution is 5.26. The Morgan fingerprint density at radius 2 is 2.14 bits per heavy atom. The molecule has 1 saturated heterocycles. The van der Waals surface area contributed by atoms with Gasteiger partial charge < -0.3 is 9.84 Å². The van der Waals surface area contributed by atoms with Gasteiger partial charge >= 0.3 is 6.18 Å². The highest BCUT2D eigenvalue weighted by Crippen LogP contribution is 2.30. The van der Waals surface area contributed by atoms with E-state index in [1.54, 1.807) is 6.07 Å². The molecular formula is C15H20F3NO2. The lowest BCUT2D eigenvalue weighted by atomic mass is 10.0. The molecule has 0 unspecified atom stereocenters. The van der Waals surface area contributed by atoms with Crippen molar-refractivity contribution in [1.82, 2.24) is 4.90 Å². The third kappa shape index (κ3) is 4.98. The van der Waals surface area contributed by atoms with E-state index in [1.807, 2.05) is 0 Å². The molecule has 1 heterocycles. The monoisotopic (exact) mass is 303 g/mol. The minimum absolute atomic E-state index is 0.0964. The third-order valence-corrected chi connectivity index (χ3v) is 3.57. The van der Waals surface area contributed by atoms with Gasteiger partial charge in [-0.15, -0.1) is 0 Å². The smallest absolute Gasteiger partial charge is 0.396 e. The number of rotatable bonds is 5. The summed E-state index contributed by atoms with van der Waals surface area (Å²) in [6, 6.07) is 5.41. The summed E-state index contributed by atoms with van der Waals surface area (Å²) in [7, 11) is 0. The van der Waals surface area contributed by atoms with Crippen LogP contribution in [0.4, 0.5) is 13.2 Å². The van der Waals surface area contributed by atoms with Gasteiger partial charge in [0.25, 0.3) is 0 Å². The van der Waals surface area contributed by atoms with Gasteiger partial charge in [-0.05, 0) is 24.5 Å². The number of halogens is 3. The van der Waals surface area contributed by atoms with Gasteiger partial charge in [-0.3, -0.25) is 4.90 Å². The maximum Gasteiger partial charge on any atom is 0.416 e. The van der Waals surface area contributed by atoms with E-state index in [-0.39, 0.29) is 12.7 Å². The van der Waals surface area contributed by atoms with Crippen LogP contribution >= 0.6 is 0 Å². The fourth-order valence-electron chi connectivity index (χ4n) is 2.54. The Kier molecular flexibility index (Phi) is 5.61. The van der Waals surface area contributed by atoms with Crippen molar-refractivity contribution in [2.75, 3.05) is 32.8 Å². The fourth-order valence-corrected chi connectivity index (χ4v) is 2.54. The van der Waals surface area contributed by atoms with Crippen LogP contribution in [-0.4, -0.2) is 49.0 Å². The number of aliphatic hydroxyl groups is 1. The highest BCUT2D eigenvalue weighted by Gasteiger charge is 2.30. The minimum atomic E-state index is -4.31. The minimum Gasteiger partial charge on any atom is -0.396 e. The van der Waals surface area contributed by atoms with Gasteiger partial charge in [-0.1, -0.05) is 18.2 Å². The number of ether oxygens (including phenoxy) is 1. The molecule has 1 aliphatic rings. The second-order valence-corrected chi connectivity index (χ2v) is 5.27. The van der Waals surface area contributed by atoms with E-state index in [0.717, 1.165) is 19.2 Å². The van der Waals surface area contributed by atoms with Crippen molar-refractivity contribution in [1.29, 1.82) is 0 Å². The average molecular weight is 303 g/mol. The number of alkyl halides is 3. The van der Waals surface area contributed by atoms with E-state index < -0.39 is 11.7 Å². The Balaban J connectivity index is 1.95. The lowest BCUT2D eigenvalue weighted by Crippen LogP contribution is -2.43. The topological polar surface area (TPSA) is 32.7 Å². The van der Waals surface area contributed by atoms with Crippen molar-refractivity contribution in [2.45, 2.75) is 25.1 Å². The predicted molar refractivity (Wildman–Crippen MR) is 73.0 cm³/mol. The maximum absolute atomic E-state index is 12.7. The van der Waals surface area contributed by atoms with Crippen LogP contribution in [0.1, 0.15) is 17.5 Å². The molecule has 0 bridgehead atoms. The molecular weight excluding hydrogens is 283 g/mol. The Bertz CT molecular complexity index is 451. The molecule has 0 saturated carbocycles. The van der Waals surface area contributed by atoms with E-state index in [2.05, 4.69) is 4.90 Å². The highest BCUT2D eigenvalue weighted by atomic mass is 19.4. The van der Waals surface area contributed by atoms with Crippen LogP contribution in [0.25, 0.3) is 0 Å². The van der Waals surface area contributed by atoms with Crippen LogP contribution in [0.2, 0.25) is 0 Å². The number of benzene rings is 1. The van der Waals surface area contributed by atoms with Gasteiger partial charge in [0.1, 0.15) is 0 Å². The predicted octanol–water partition coefficient (Wildman–Crippen LogP) is 2.33. The fraction of sp³-hybridized carbons (Fsp3) is 0.600. The van der Waals surface area contributed by atoms with Crippen molar-refractivity contribution in [3.63, 3.8) is 0 Å². The molecule has 21 heavy (non-hydrogen) atoms. The normalized spacial score (nSPS) is 20.7. The van der Waals surface area contributed by atoms with E-state index in [9.17, 15) is 13.2 Å². The summed E-state index contributed by atoms with van der Waals surface area (Å²) in [6.07, 6.45) is -3.23. The number of aliphatic hydroxyl groups excluding tert-OH is 1. The van der Waals surface area contributed by atoms with Gasteiger partial charge in [-0.2, -0.15) is 13.2 Å². The maximum atomic E-state index is 12.7. The molecule has 2 rings (SSSR count). The molecule has 118 valence electrons. The molecule has 1 aromatic carbocycles. The molecule has 1 atom stereocenters. The lowest BCUT2D eigenvalue weighted by Gasteiger charge is -2.33. The molecule has 1 aromatic rings. The molecule has 6 heteroatoms. The SMILES string of the molecule is OCCCN1CCO[C@H](Cc2cccc(C(F)(F)F)c2)C1. The zero-order chi connectivity index (χ0) is 15.3. The van der Waals surface area contributed by atoms with Gasteiger partial charge in [0.05, 0.1) is 18.3 Å². The Hall–Kier alpha value is -1.11. The number of morpholine rings is 1. The summed E-state index contributed by atoms with van der Waals surface area (Å²) >= 11 is 0. The first-order chi connectivity index (χ1) is 9.99. The molecule has 1 aliphatic heterocycles. The van der Waals surface area contributed by atoms with E-state index >= 15 is 0 Å². The lowest BCUT2D eigenvalue weighted by molar-refractivity contribution is -0.137. The van der Waals surface area contributed by atoms with Gasteiger partial charge in [0, 0.05) is 26.2 Å². The van der Waals surface area contributed by atoms with Crippen LogP contribution < -0.4 is 0 Å². The first-order valence-corrected chi connectivity index (χ1v) is 7.10. The number of nitrogens with zero attached hydrogens (tertiary/aromatic N) is 1. The Morgan fingerprint density at radius 1 is 1.33 bits per heavy atom. The first-order valence-electron chi connectivity index (χ1n) is 7.10. The first kappa shape index (κ1) is 16.3. The summed E-state index contributed by atoms with van der Waals surface area (Å²) in [4.78, 5) is 2.18. The summed E-state index contributed by atoms with van der Waals surface area (Å²) < 4.78 is 43.7. The molecule has 0 spiro atoms. The number of hydrogen-bond acceptors (Lipinski definition) is 3. The standard InChI is InChI=1S/C15H20F3NO2/c16-15(17,18)13-4-1-3-12(9-13)10-14-11-19(5-2-7-20)6-8-21-14/h1,3-4,9,14,20H,2,5-8,10-11H2/t14-/m1/s1. The summed E-state index contributed by atoms with van der Waals surface area (Å²) in [6.45, 7) is 3.01. The van der Waals surface area contributed by atoms with Crippen molar-refractivity contribution in [3.05, 3.63) is 35.4 Å². The molecule has 3 nitrogen and oxygen atoms in total. The zero-order valence-corrected chi connectivity index (χ0v) is 11.8. The molecule has 0 aromatic heterocycles. The summed E-state index contributed by atoms with van der Waals surface area (Å²) in [5, 5.41) is 8.84. The zero-order valence-electron chi connectivity index (χ0n) is 11.8. The van der Waals surface area contributed by atoms with Crippen molar-refractivity contribution >= 4 is 0 Å². The van der Waals surface area contributed by atoms with Crippen molar-refractivity contribution in [3.8, 4) is 0 Å². The molecule has 1 N–H and O–H groups in total. The largest absolute Gasteiger partial charge is 0.416 e. The van der Waals surface area contributed by atoms with E-state index in [4.69, 9.17) is 9.84 Å². The second kappa shape index (κ2) is 7.24. The van der Waals surface area contributed by atoms with Crippen LogP contribution in [0, 0.1) is 0 Å². The summed E-state index contributed by atoms with van der Waals surface area (Å²) in [5.74, 6) is 0. The molecule has 0 amide bonds. The van der Waals surface area contributed by atoms with Crippen molar-refractivity contribution < 1.29 is 23.0 Å². The van der Waals surface area contributed by atoms with Crippen LogP contribution in [0.3, 0.4) is 0 Å². The summed E-state index contributed by atoms with van der Waals surface area (Å²) in [5.41, 5.74) is 0.0202. The Labute approximate surface area is 122 Å². The van der Waals surface area contributed by atoms with E-state index in [1.165, 1.54) is 12.1 Å².